The summed E-state index contributed by atoms with van der Waals surface area (Å²) in [6.07, 6.45) is -5.74. The van der Waals surface area contributed by atoms with Gasteiger partial charge in [-0.1, -0.05) is 72.8 Å². The minimum absolute atomic E-state index is 0.0230. The number of Topliss-reactive ketones (excluding diaryl/α,β-unsaturated/α-hetero) is 1. The van der Waals surface area contributed by atoms with Gasteiger partial charge in [0.2, 0.25) is 0 Å². The van der Waals surface area contributed by atoms with Crippen molar-refractivity contribution in [3.8, 4) is 0 Å². The molecule has 11 heteroatoms. The first-order chi connectivity index (χ1) is 24.8. The van der Waals surface area contributed by atoms with E-state index in [1.54, 1.807) is 121 Å². The summed E-state index contributed by atoms with van der Waals surface area (Å²) in [6.45, 7) is 1.11. The highest BCUT2D eigenvalue weighted by atomic mass is 16.7. The molecule has 1 aliphatic heterocycles. The number of hydrogen-bond donors (Lipinski definition) is 0. The molecule has 1 heterocycles. The van der Waals surface area contributed by atoms with E-state index >= 15 is 0 Å². The first-order valence-electron chi connectivity index (χ1n) is 16.6. The van der Waals surface area contributed by atoms with Crippen LogP contribution in [0.2, 0.25) is 0 Å². The quantitative estimate of drug-likeness (QED) is 0.0820. The highest BCUT2D eigenvalue weighted by molar-refractivity contribution is 5.91. The van der Waals surface area contributed by atoms with Gasteiger partial charge in [-0.3, -0.25) is 0 Å². The second-order valence-electron chi connectivity index (χ2n) is 11.7. The lowest BCUT2D eigenvalue weighted by molar-refractivity contribution is -0.298. The fourth-order valence-electron chi connectivity index (χ4n) is 5.34. The van der Waals surface area contributed by atoms with Gasteiger partial charge in [0.15, 0.2) is 24.6 Å². The molecule has 51 heavy (non-hydrogen) atoms. The molecule has 4 aromatic carbocycles. The molecular formula is C40H38O11. The molecule has 1 fully saturated rings. The predicted octanol–water partition coefficient (Wildman–Crippen LogP) is 6.02. The molecule has 0 bridgehead atoms. The van der Waals surface area contributed by atoms with E-state index in [0.717, 1.165) is 0 Å². The van der Waals surface area contributed by atoms with E-state index in [2.05, 4.69) is 0 Å². The Kier molecular flexibility index (Phi) is 13.2. The number of carbonyl (C=O) groups is 5. The molecule has 5 atom stereocenters. The van der Waals surface area contributed by atoms with Crippen molar-refractivity contribution in [1.29, 1.82) is 0 Å². The van der Waals surface area contributed by atoms with Crippen molar-refractivity contribution < 1.29 is 52.4 Å². The van der Waals surface area contributed by atoms with Gasteiger partial charge in [0.25, 0.3) is 0 Å². The largest absolute Gasteiger partial charge is 0.459 e. The van der Waals surface area contributed by atoms with E-state index in [1.165, 1.54) is 6.92 Å². The van der Waals surface area contributed by atoms with Crippen molar-refractivity contribution in [3.05, 3.63) is 144 Å². The topological polar surface area (TPSA) is 141 Å². The molecule has 0 saturated carbocycles. The standard InChI is InChI=1S/C40H38O11/c1-27(41)16-14-15-25-46-40-35(51-39(45)31-23-12-5-13-24-31)34(50-38(44)30-21-10-4-11-22-30)33(49-37(43)29-19-8-3-9-20-29)32(48-40)26-47-36(42)28-17-6-2-7-18-28/h2-13,17-24,32-35,40H,14-16,25-26H2,1H3/t32?,33-,34?,35?,40+/m0/s1. The van der Waals surface area contributed by atoms with E-state index in [-0.39, 0.29) is 34.6 Å². The maximum absolute atomic E-state index is 13.6. The van der Waals surface area contributed by atoms with Crippen LogP contribution in [0.25, 0.3) is 0 Å². The summed E-state index contributed by atoms with van der Waals surface area (Å²) >= 11 is 0. The second-order valence-corrected chi connectivity index (χ2v) is 11.7. The molecule has 3 unspecified atom stereocenters. The lowest BCUT2D eigenvalue weighted by atomic mass is 9.97. The highest BCUT2D eigenvalue weighted by Gasteiger charge is 2.53. The summed E-state index contributed by atoms with van der Waals surface area (Å²) in [6, 6.07) is 32.7. The normalized spacial score (nSPS) is 19.7. The summed E-state index contributed by atoms with van der Waals surface area (Å²) in [5.74, 6) is -3.03. The summed E-state index contributed by atoms with van der Waals surface area (Å²) in [4.78, 5) is 65.3. The Labute approximate surface area is 295 Å². The monoisotopic (exact) mass is 694 g/mol. The molecule has 11 nitrogen and oxygen atoms in total. The number of esters is 4. The number of hydrogen-bond acceptors (Lipinski definition) is 11. The van der Waals surface area contributed by atoms with Gasteiger partial charge in [0.05, 0.1) is 22.3 Å². The van der Waals surface area contributed by atoms with Gasteiger partial charge in [-0.2, -0.15) is 0 Å². The van der Waals surface area contributed by atoms with Gasteiger partial charge >= 0.3 is 23.9 Å². The predicted molar refractivity (Wildman–Crippen MR) is 183 cm³/mol. The summed E-state index contributed by atoms with van der Waals surface area (Å²) < 4.78 is 36.1. The van der Waals surface area contributed by atoms with Crippen LogP contribution in [0, 0.1) is 0 Å². The molecule has 264 valence electrons. The van der Waals surface area contributed by atoms with Gasteiger partial charge < -0.3 is 33.2 Å². The Hall–Kier alpha value is -5.65. The van der Waals surface area contributed by atoms with Crippen molar-refractivity contribution >= 4 is 29.7 Å². The molecule has 0 N–H and O–H groups in total. The zero-order valence-corrected chi connectivity index (χ0v) is 28.0. The van der Waals surface area contributed by atoms with Crippen LogP contribution in [0.3, 0.4) is 0 Å². The van der Waals surface area contributed by atoms with Crippen LogP contribution in [-0.2, 0) is 33.2 Å². The van der Waals surface area contributed by atoms with Crippen LogP contribution in [0.5, 0.6) is 0 Å². The van der Waals surface area contributed by atoms with Crippen LogP contribution in [0.1, 0.15) is 67.6 Å². The molecule has 4 aromatic rings. The van der Waals surface area contributed by atoms with Gasteiger partial charge in [0.1, 0.15) is 18.5 Å². The molecule has 1 aliphatic rings. The zero-order chi connectivity index (χ0) is 36.0. The molecular weight excluding hydrogens is 656 g/mol. The number of ether oxygens (including phenoxy) is 6. The number of carbonyl (C=O) groups excluding carboxylic acids is 5. The van der Waals surface area contributed by atoms with Crippen LogP contribution in [-0.4, -0.2) is 73.6 Å². The van der Waals surface area contributed by atoms with Crippen molar-refractivity contribution in [3.63, 3.8) is 0 Å². The van der Waals surface area contributed by atoms with Crippen LogP contribution < -0.4 is 0 Å². The van der Waals surface area contributed by atoms with Gasteiger partial charge in [0, 0.05) is 13.0 Å². The molecule has 0 amide bonds. The first-order valence-corrected chi connectivity index (χ1v) is 16.6. The van der Waals surface area contributed by atoms with Crippen LogP contribution in [0.4, 0.5) is 0 Å². The number of ketones is 1. The van der Waals surface area contributed by atoms with Crippen LogP contribution >= 0.6 is 0 Å². The summed E-state index contributed by atoms with van der Waals surface area (Å²) in [5.41, 5.74) is 0.833. The fourth-order valence-corrected chi connectivity index (χ4v) is 5.34. The van der Waals surface area contributed by atoms with Gasteiger partial charge in [-0.15, -0.1) is 0 Å². The average Bonchev–Trinajstić information content (AvgIpc) is 3.16. The maximum atomic E-state index is 13.6. The summed E-state index contributed by atoms with van der Waals surface area (Å²) in [7, 11) is 0. The smallest absolute Gasteiger partial charge is 0.338 e. The Morgan fingerprint density at radius 1 is 0.529 bits per heavy atom. The van der Waals surface area contributed by atoms with E-state index < -0.39 is 61.2 Å². The highest BCUT2D eigenvalue weighted by Crippen LogP contribution is 2.32. The second kappa shape index (κ2) is 18.4. The van der Waals surface area contributed by atoms with Crippen molar-refractivity contribution in [2.45, 2.75) is 56.9 Å². The summed E-state index contributed by atoms with van der Waals surface area (Å²) in [5, 5.41) is 0. The molecule has 0 radical (unpaired) electrons. The minimum atomic E-state index is -1.51. The SMILES string of the molecule is CC(=O)CCCCO[C@@H]1OC(COC(=O)c2ccccc2)[C@H](OC(=O)c2ccccc2)C(OC(=O)c2ccccc2)C1OC(=O)c1ccccc1. The lowest BCUT2D eigenvalue weighted by Gasteiger charge is -2.44. The fraction of sp³-hybridized carbons (Fsp3) is 0.275. The number of rotatable bonds is 15. The van der Waals surface area contributed by atoms with E-state index in [0.29, 0.717) is 19.3 Å². The van der Waals surface area contributed by atoms with Crippen molar-refractivity contribution in [1.82, 2.24) is 0 Å². The maximum Gasteiger partial charge on any atom is 0.338 e. The Bertz CT molecular complexity index is 1750. The van der Waals surface area contributed by atoms with Crippen molar-refractivity contribution in [2.24, 2.45) is 0 Å². The third-order valence-electron chi connectivity index (χ3n) is 7.94. The lowest BCUT2D eigenvalue weighted by Crippen LogP contribution is -2.63. The third kappa shape index (κ3) is 10.4. The average molecular weight is 695 g/mol. The first kappa shape index (κ1) is 36.6. The van der Waals surface area contributed by atoms with Crippen LogP contribution in [0.15, 0.2) is 121 Å². The Balaban J connectivity index is 1.52. The van der Waals surface area contributed by atoms with E-state index in [1.807, 2.05) is 0 Å². The molecule has 1 saturated heterocycles. The molecule has 5 rings (SSSR count). The Morgan fingerprint density at radius 2 is 0.941 bits per heavy atom. The Morgan fingerprint density at radius 3 is 1.39 bits per heavy atom. The number of unbranched alkanes of at least 4 members (excludes halogenated alkanes) is 1. The third-order valence-corrected chi connectivity index (χ3v) is 7.94. The van der Waals surface area contributed by atoms with Gasteiger partial charge in [-0.05, 0) is 68.3 Å². The van der Waals surface area contributed by atoms with Gasteiger partial charge in [-0.25, -0.2) is 19.2 Å². The molecule has 0 spiro atoms. The minimum Gasteiger partial charge on any atom is -0.459 e. The van der Waals surface area contributed by atoms with E-state index in [9.17, 15) is 24.0 Å². The molecule has 0 aliphatic carbocycles. The van der Waals surface area contributed by atoms with Crippen molar-refractivity contribution in [2.75, 3.05) is 13.2 Å². The van der Waals surface area contributed by atoms with E-state index in [4.69, 9.17) is 28.4 Å². The molecule has 0 aromatic heterocycles. The zero-order valence-electron chi connectivity index (χ0n) is 28.0. The number of benzene rings is 4.